The standard InChI is InChI=1S/C17H17FN4O3/c18-10-1-2-15-13(7-10)16(21-22(15)11-4-6-25-9-11)20-14-8-19-5-3-12(14)17(23)24/h1-3,5,7-8,11,16,20-21H,4,6,9H2,(H,23,24)/t11-,16?/m1/s1. The van der Waals surface area contributed by atoms with Crippen LogP contribution in [-0.2, 0) is 4.74 Å². The quantitative estimate of drug-likeness (QED) is 0.783. The second-order valence-electron chi connectivity index (χ2n) is 6.02. The summed E-state index contributed by atoms with van der Waals surface area (Å²) in [5.74, 6) is -1.40. The number of aromatic carboxylic acids is 1. The fourth-order valence-corrected chi connectivity index (χ4v) is 3.24. The van der Waals surface area contributed by atoms with Crippen LogP contribution in [-0.4, -0.2) is 35.3 Å². The molecule has 0 saturated carbocycles. The van der Waals surface area contributed by atoms with Crippen LogP contribution in [0.5, 0.6) is 0 Å². The van der Waals surface area contributed by atoms with Crippen molar-refractivity contribution in [3.05, 3.63) is 53.6 Å². The fraction of sp³-hybridized carbons (Fsp3) is 0.294. The fourth-order valence-electron chi connectivity index (χ4n) is 3.24. The number of fused-ring (bicyclic) bond motifs is 1. The van der Waals surface area contributed by atoms with E-state index >= 15 is 0 Å². The zero-order valence-electron chi connectivity index (χ0n) is 13.3. The normalized spacial score (nSPS) is 22.0. The van der Waals surface area contributed by atoms with Crippen LogP contribution in [0.25, 0.3) is 0 Å². The molecule has 3 heterocycles. The predicted octanol–water partition coefficient (Wildman–Crippen LogP) is 2.14. The smallest absolute Gasteiger partial charge is 0.337 e. The first-order chi connectivity index (χ1) is 12.1. The highest BCUT2D eigenvalue weighted by Crippen LogP contribution is 2.36. The lowest BCUT2D eigenvalue weighted by molar-refractivity contribution is 0.0697. The molecule has 25 heavy (non-hydrogen) atoms. The molecule has 7 nitrogen and oxygen atoms in total. The molecule has 2 aliphatic rings. The number of pyridine rings is 1. The van der Waals surface area contributed by atoms with Crippen LogP contribution in [0.15, 0.2) is 36.7 Å². The number of halogens is 1. The number of carboxylic acids is 1. The van der Waals surface area contributed by atoms with Gasteiger partial charge in [-0.05, 0) is 30.7 Å². The summed E-state index contributed by atoms with van der Waals surface area (Å²) in [6.07, 6.45) is 3.27. The maximum absolute atomic E-state index is 13.8. The average molecular weight is 344 g/mol. The highest BCUT2D eigenvalue weighted by atomic mass is 19.1. The largest absolute Gasteiger partial charge is 0.478 e. The third-order valence-electron chi connectivity index (χ3n) is 4.45. The van der Waals surface area contributed by atoms with Crippen molar-refractivity contribution >= 4 is 17.3 Å². The van der Waals surface area contributed by atoms with Gasteiger partial charge in [-0.25, -0.2) is 14.6 Å². The van der Waals surface area contributed by atoms with E-state index in [1.165, 1.54) is 30.6 Å². The summed E-state index contributed by atoms with van der Waals surface area (Å²) in [6, 6.07) is 6.16. The number of benzene rings is 1. The molecule has 1 unspecified atom stereocenters. The molecule has 1 saturated heterocycles. The number of hydrazine groups is 1. The van der Waals surface area contributed by atoms with Crippen molar-refractivity contribution < 1.29 is 19.0 Å². The molecule has 1 fully saturated rings. The first-order valence-electron chi connectivity index (χ1n) is 8.00. The van der Waals surface area contributed by atoms with Gasteiger partial charge >= 0.3 is 5.97 Å². The monoisotopic (exact) mass is 344 g/mol. The van der Waals surface area contributed by atoms with Gasteiger partial charge in [-0.15, -0.1) is 0 Å². The molecule has 8 heteroatoms. The highest BCUT2D eigenvalue weighted by molar-refractivity contribution is 5.94. The SMILES string of the molecule is O=C(O)c1ccncc1NC1NN([C@@H]2CCOC2)c2ccc(F)cc21. The number of aromatic nitrogens is 1. The lowest BCUT2D eigenvalue weighted by Crippen LogP contribution is -2.44. The highest BCUT2D eigenvalue weighted by Gasteiger charge is 2.35. The maximum Gasteiger partial charge on any atom is 0.337 e. The Balaban J connectivity index is 1.67. The number of nitrogens with one attached hydrogen (secondary N) is 2. The Morgan fingerprint density at radius 3 is 3.08 bits per heavy atom. The van der Waals surface area contributed by atoms with E-state index in [-0.39, 0.29) is 17.4 Å². The second-order valence-corrected chi connectivity index (χ2v) is 6.02. The number of hydrogen-bond donors (Lipinski definition) is 3. The predicted molar refractivity (Wildman–Crippen MR) is 88.8 cm³/mol. The van der Waals surface area contributed by atoms with Crippen LogP contribution in [0.3, 0.4) is 0 Å². The first-order valence-corrected chi connectivity index (χ1v) is 8.00. The molecular weight excluding hydrogens is 327 g/mol. The Labute approximate surface area is 143 Å². The Hall–Kier alpha value is -2.71. The molecule has 130 valence electrons. The minimum atomic E-state index is -1.05. The lowest BCUT2D eigenvalue weighted by Gasteiger charge is -2.27. The lowest BCUT2D eigenvalue weighted by atomic mass is 10.1. The Morgan fingerprint density at radius 2 is 2.32 bits per heavy atom. The second kappa shape index (κ2) is 6.30. The van der Waals surface area contributed by atoms with Gasteiger partial charge in [0.25, 0.3) is 0 Å². The Morgan fingerprint density at radius 1 is 1.44 bits per heavy atom. The van der Waals surface area contributed by atoms with E-state index in [0.29, 0.717) is 24.5 Å². The summed E-state index contributed by atoms with van der Waals surface area (Å²) in [5, 5.41) is 14.4. The van der Waals surface area contributed by atoms with Crippen molar-refractivity contribution in [3.8, 4) is 0 Å². The van der Waals surface area contributed by atoms with Crippen molar-refractivity contribution in [2.45, 2.75) is 18.6 Å². The van der Waals surface area contributed by atoms with Crippen LogP contribution in [0.1, 0.15) is 28.5 Å². The summed E-state index contributed by atoms with van der Waals surface area (Å²) < 4.78 is 19.2. The average Bonchev–Trinajstić information content (AvgIpc) is 3.23. The zero-order valence-corrected chi connectivity index (χ0v) is 13.3. The molecule has 2 atom stereocenters. The van der Waals surface area contributed by atoms with Crippen molar-refractivity contribution in [1.82, 2.24) is 10.4 Å². The van der Waals surface area contributed by atoms with E-state index in [9.17, 15) is 14.3 Å². The first kappa shape index (κ1) is 15.8. The molecule has 2 aliphatic heterocycles. The van der Waals surface area contributed by atoms with Gasteiger partial charge in [0.2, 0.25) is 0 Å². The van der Waals surface area contributed by atoms with E-state index in [1.54, 1.807) is 6.07 Å². The van der Waals surface area contributed by atoms with Gasteiger partial charge in [0.05, 0.1) is 35.8 Å². The maximum atomic E-state index is 13.8. The van der Waals surface area contributed by atoms with E-state index < -0.39 is 12.1 Å². The molecule has 2 aromatic rings. The molecule has 0 spiro atoms. The number of ether oxygens (including phenoxy) is 1. The molecular formula is C17H17FN4O3. The van der Waals surface area contributed by atoms with Gasteiger partial charge in [-0.3, -0.25) is 4.98 Å². The van der Waals surface area contributed by atoms with Gasteiger partial charge in [-0.2, -0.15) is 0 Å². The van der Waals surface area contributed by atoms with E-state index in [1.807, 2.05) is 5.01 Å². The van der Waals surface area contributed by atoms with E-state index in [2.05, 4.69) is 15.7 Å². The minimum Gasteiger partial charge on any atom is -0.478 e. The van der Waals surface area contributed by atoms with Crippen LogP contribution < -0.4 is 15.8 Å². The van der Waals surface area contributed by atoms with Crippen molar-refractivity contribution in [3.63, 3.8) is 0 Å². The van der Waals surface area contributed by atoms with Crippen LogP contribution in [0, 0.1) is 5.82 Å². The summed E-state index contributed by atoms with van der Waals surface area (Å²) in [7, 11) is 0. The third kappa shape index (κ3) is 2.90. The van der Waals surface area contributed by atoms with E-state index in [0.717, 1.165) is 12.1 Å². The molecule has 0 radical (unpaired) electrons. The van der Waals surface area contributed by atoms with Crippen LogP contribution in [0.4, 0.5) is 15.8 Å². The Bertz CT molecular complexity index is 810. The minimum absolute atomic E-state index is 0.109. The molecule has 0 amide bonds. The molecule has 0 bridgehead atoms. The number of carboxylic acid groups (broad SMARTS) is 1. The summed E-state index contributed by atoms with van der Waals surface area (Å²) in [6.45, 7) is 1.27. The van der Waals surface area contributed by atoms with Crippen molar-refractivity contribution in [2.24, 2.45) is 0 Å². The number of carbonyl (C=O) groups is 1. The van der Waals surface area contributed by atoms with Crippen molar-refractivity contribution in [2.75, 3.05) is 23.5 Å². The summed E-state index contributed by atoms with van der Waals surface area (Å²) >= 11 is 0. The van der Waals surface area contributed by atoms with E-state index in [4.69, 9.17) is 4.74 Å². The summed E-state index contributed by atoms with van der Waals surface area (Å²) in [4.78, 5) is 15.4. The van der Waals surface area contributed by atoms with Gasteiger partial charge in [-0.1, -0.05) is 0 Å². The third-order valence-corrected chi connectivity index (χ3v) is 4.45. The Kier molecular flexibility index (Phi) is 3.98. The zero-order chi connectivity index (χ0) is 17.4. The molecule has 4 rings (SSSR count). The number of nitrogens with zero attached hydrogens (tertiary/aromatic N) is 2. The number of hydrogen-bond acceptors (Lipinski definition) is 6. The number of anilines is 2. The molecule has 1 aromatic carbocycles. The molecule has 1 aromatic heterocycles. The molecule has 0 aliphatic carbocycles. The van der Waals surface area contributed by atoms with Gasteiger partial charge in [0.15, 0.2) is 0 Å². The van der Waals surface area contributed by atoms with Gasteiger partial charge in [0, 0.05) is 18.4 Å². The van der Waals surface area contributed by atoms with Crippen LogP contribution >= 0.6 is 0 Å². The van der Waals surface area contributed by atoms with Crippen LogP contribution in [0.2, 0.25) is 0 Å². The van der Waals surface area contributed by atoms with Gasteiger partial charge in [0.1, 0.15) is 12.0 Å². The molecule has 3 N–H and O–H groups in total. The number of rotatable bonds is 4. The van der Waals surface area contributed by atoms with Crippen molar-refractivity contribution in [1.29, 1.82) is 0 Å². The summed E-state index contributed by atoms with van der Waals surface area (Å²) in [5.41, 5.74) is 5.34. The van der Waals surface area contributed by atoms with Gasteiger partial charge < -0.3 is 20.2 Å². The topological polar surface area (TPSA) is 86.7 Å².